The van der Waals surface area contributed by atoms with Gasteiger partial charge in [-0.3, -0.25) is 14.9 Å². The van der Waals surface area contributed by atoms with Crippen molar-refractivity contribution >= 4 is 22.8 Å². The molecule has 0 fully saturated rings. The van der Waals surface area contributed by atoms with E-state index in [4.69, 9.17) is 0 Å². The molecule has 2 N–H and O–H groups in total. The van der Waals surface area contributed by atoms with E-state index in [1.807, 2.05) is 24.3 Å². The zero-order chi connectivity index (χ0) is 13.7. The number of H-pyrrole nitrogens is 1. The maximum absolute atomic E-state index is 11.7. The summed E-state index contributed by atoms with van der Waals surface area (Å²) in [6.45, 7) is 0. The molecule has 0 spiro atoms. The summed E-state index contributed by atoms with van der Waals surface area (Å²) in [4.78, 5) is 30.9. The Balaban J connectivity index is 1.89. The second-order valence-corrected chi connectivity index (χ2v) is 4.65. The van der Waals surface area contributed by atoms with Crippen LogP contribution in [0, 0.1) is 0 Å². The summed E-state index contributed by atoms with van der Waals surface area (Å²) in [7, 11) is 0. The van der Waals surface area contributed by atoms with Crippen LogP contribution in [0.4, 0.5) is 0 Å². The van der Waals surface area contributed by atoms with Crippen LogP contribution in [0.2, 0.25) is 0 Å². The maximum Gasteiger partial charge on any atom is 0.258 e. The number of carbonyl (C=O) groups excluding carboxylic acids is 2. The summed E-state index contributed by atoms with van der Waals surface area (Å²) >= 11 is 0. The summed E-state index contributed by atoms with van der Waals surface area (Å²) in [6, 6.07) is 12.8. The number of rotatable bonds is 1. The third-order valence-electron chi connectivity index (χ3n) is 3.40. The first-order valence-electron chi connectivity index (χ1n) is 6.17. The minimum absolute atomic E-state index is 0.346. The Kier molecular flexibility index (Phi) is 2.06. The van der Waals surface area contributed by atoms with Gasteiger partial charge in [-0.25, -0.2) is 4.98 Å². The number of para-hydroxylation sites is 2. The third kappa shape index (κ3) is 1.46. The van der Waals surface area contributed by atoms with Crippen LogP contribution < -0.4 is 5.32 Å². The van der Waals surface area contributed by atoms with Crippen molar-refractivity contribution in [2.75, 3.05) is 0 Å². The molecule has 0 bridgehead atoms. The lowest BCUT2D eigenvalue weighted by molar-refractivity contribution is 0.0879. The molecule has 5 heteroatoms. The fourth-order valence-corrected chi connectivity index (χ4v) is 2.40. The zero-order valence-electron chi connectivity index (χ0n) is 10.3. The van der Waals surface area contributed by atoms with E-state index in [-0.39, 0.29) is 11.8 Å². The number of fused-ring (bicyclic) bond motifs is 2. The Morgan fingerprint density at radius 1 is 0.900 bits per heavy atom. The van der Waals surface area contributed by atoms with Gasteiger partial charge in [0.2, 0.25) is 0 Å². The first-order valence-corrected chi connectivity index (χ1v) is 6.17. The summed E-state index contributed by atoms with van der Waals surface area (Å²) in [6.07, 6.45) is 0. The summed E-state index contributed by atoms with van der Waals surface area (Å²) in [5.74, 6) is -0.0229. The molecule has 0 saturated carbocycles. The third-order valence-corrected chi connectivity index (χ3v) is 3.40. The molecule has 1 aromatic heterocycles. The van der Waals surface area contributed by atoms with Gasteiger partial charge in [-0.2, -0.15) is 0 Å². The van der Waals surface area contributed by atoms with E-state index in [1.165, 1.54) is 0 Å². The van der Waals surface area contributed by atoms with E-state index < -0.39 is 0 Å². The molecule has 2 aromatic carbocycles. The van der Waals surface area contributed by atoms with Gasteiger partial charge in [0.05, 0.1) is 22.2 Å². The summed E-state index contributed by atoms with van der Waals surface area (Å²) in [5.41, 5.74) is 3.39. The number of amides is 2. The monoisotopic (exact) mass is 263 g/mol. The van der Waals surface area contributed by atoms with Gasteiger partial charge in [0, 0.05) is 5.56 Å². The van der Waals surface area contributed by atoms with E-state index >= 15 is 0 Å². The van der Waals surface area contributed by atoms with Crippen LogP contribution in [-0.4, -0.2) is 21.8 Å². The first-order chi connectivity index (χ1) is 9.72. The topological polar surface area (TPSA) is 74.8 Å². The van der Waals surface area contributed by atoms with E-state index in [0.29, 0.717) is 17.0 Å². The van der Waals surface area contributed by atoms with Crippen molar-refractivity contribution in [1.82, 2.24) is 15.3 Å². The van der Waals surface area contributed by atoms with E-state index in [2.05, 4.69) is 15.3 Å². The number of nitrogens with zero attached hydrogens (tertiary/aromatic N) is 1. The lowest BCUT2D eigenvalue weighted by Gasteiger charge is -1.99. The van der Waals surface area contributed by atoms with Gasteiger partial charge >= 0.3 is 0 Å². The molecule has 1 aliphatic rings. The average Bonchev–Trinajstić information content (AvgIpc) is 3.01. The van der Waals surface area contributed by atoms with Crippen molar-refractivity contribution in [2.45, 2.75) is 0 Å². The molecular weight excluding hydrogens is 254 g/mol. The Labute approximate surface area is 113 Å². The maximum atomic E-state index is 11.7. The fourth-order valence-electron chi connectivity index (χ4n) is 2.40. The highest BCUT2D eigenvalue weighted by Crippen LogP contribution is 2.25. The molecule has 4 rings (SSSR count). The van der Waals surface area contributed by atoms with Crippen LogP contribution in [0.3, 0.4) is 0 Å². The molecule has 5 nitrogen and oxygen atoms in total. The molecule has 3 aromatic rings. The van der Waals surface area contributed by atoms with Gasteiger partial charge in [0.1, 0.15) is 5.82 Å². The second-order valence-electron chi connectivity index (χ2n) is 4.65. The van der Waals surface area contributed by atoms with Crippen molar-refractivity contribution in [3.05, 3.63) is 53.6 Å². The summed E-state index contributed by atoms with van der Waals surface area (Å²) < 4.78 is 0. The highest BCUT2D eigenvalue weighted by molar-refractivity contribution is 6.21. The van der Waals surface area contributed by atoms with Gasteiger partial charge in [-0.15, -0.1) is 0 Å². The molecule has 0 aliphatic carbocycles. The van der Waals surface area contributed by atoms with Crippen LogP contribution >= 0.6 is 0 Å². The highest BCUT2D eigenvalue weighted by Gasteiger charge is 2.27. The molecule has 1 aliphatic heterocycles. The SMILES string of the molecule is O=C1NC(=O)c2cc(-c3nc4ccccc4[nH]3)ccc21. The number of benzene rings is 2. The van der Waals surface area contributed by atoms with Crippen molar-refractivity contribution in [2.24, 2.45) is 0 Å². The number of imide groups is 1. The van der Waals surface area contributed by atoms with Crippen LogP contribution in [0.1, 0.15) is 20.7 Å². The molecule has 96 valence electrons. The highest BCUT2D eigenvalue weighted by atomic mass is 16.2. The number of imidazole rings is 1. The van der Waals surface area contributed by atoms with E-state index in [1.54, 1.807) is 18.2 Å². The van der Waals surface area contributed by atoms with Gasteiger partial charge in [-0.05, 0) is 24.3 Å². The van der Waals surface area contributed by atoms with Crippen molar-refractivity contribution in [3.8, 4) is 11.4 Å². The number of hydrogen-bond donors (Lipinski definition) is 2. The number of nitrogens with one attached hydrogen (secondary N) is 2. The normalized spacial score (nSPS) is 13.6. The predicted molar refractivity (Wildman–Crippen MR) is 73.3 cm³/mol. The molecule has 20 heavy (non-hydrogen) atoms. The molecule has 0 radical (unpaired) electrons. The zero-order valence-corrected chi connectivity index (χ0v) is 10.3. The van der Waals surface area contributed by atoms with Crippen LogP contribution in [-0.2, 0) is 0 Å². The molecule has 0 unspecified atom stereocenters. The number of carbonyl (C=O) groups is 2. The van der Waals surface area contributed by atoms with E-state index in [9.17, 15) is 9.59 Å². The quantitative estimate of drug-likeness (QED) is 0.660. The average molecular weight is 263 g/mol. The summed E-state index contributed by atoms with van der Waals surface area (Å²) in [5, 5.41) is 2.28. The number of hydrogen-bond acceptors (Lipinski definition) is 3. The van der Waals surface area contributed by atoms with Crippen LogP contribution in [0.25, 0.3) is 22.4 Å². The molecule has 2 amide bonds. The van der Waals surface area contributed by atoms with Crippen LogP contribution in [0.5, 0.6) is 0 Å². The minimum atomic E-state index is -0.358. The lowest BCUT2D eigenvalue weighted by Crippen LogP contribution is -2.19. The molecule has 0 atom stereocenters. The molecular formula is C15H9N3O2. The Morgan fingerprint density at radius 2 is 1.70 bits per heavy atom. The largest absolute Gasteiger partial charge is 0.338 e. The molecule has 0 saturated heterocycles. The Bertz CT molecular complexity index is 847. The van der Waals surface area contributed by atoms with Gasteiger partial charge < -0.3 is 4.98 Å². The number of aromatic nitrogens is 2. The smallest absolute Gasteiger partial charge is 0.258 e. The van der Waals surface area contributed by atoms with Gasteiger partial charge in [-0.1, -0.05) is 18.2 Å². The van der Waals surface area contributed by atoms with Crippen molar-refractivity contribution in [3.63, 3.8) is 0 Å². The number of aromatic amines is 1. The molecule has 2 heterocycles. The second kappa shape index (κ2) is 3.77. The Hall–Kier alpha value is -2.95. The Morgan fingerprint density at radius 3 is 2.55 bits per heavy atom. The fraction of sp³-hybridized carbons (Fsp3) is 0. The van der Waals surface area contributed by atoms with Gasteiger partial charge in [0.15, 0.2) is 0 Å². The van der Waals surface area contributed by atoms with Crippen LogP contribution in [0.15, 0.2) is 42.5 Å². The van der Waals surface area contributed by atoms with E-state index in [0.717, 1.165) is 16.6 Å². The lowest BCUT2D eigenvalue weighted by atomic mass is 10.1. The van der Waals surface area contributed by atoms with Gasteiger partial charge in [0.25, 0.3) is 11.8 Å². The van der Waals surface area contributed by atoms with Crippen molar-refractivity contribution < 1.29 is 9.59 Å². The minimum Gasteiger partial charge on any atom is -0.338 e. The predicted octanol–water partition coefficient (Wildman–Crippen LogP) is 2.11. The van der Waals surface area contributed by atoms with Crippen molar-refractivity contribution in [1.29, 1.82) is 0 Å². The standard InChI is InChI=1S/C15H9N3O2/c19-14-9-6-5-8(7-10(9)15(20)18-14)13-16-11-3-1-2-4-12(11)17-13/h1-7H,(H,16,17)(H,18,19,20). The first kappa shape index (κ1) is 10.9.